The molecule has 0 aliphatic carbocycles. The van der Waals surface area contributed by atoms with Crippen molar-refractivity contribution in [3.8, 4) is 0 Å². The lowest BCUT2D eigenvalue weighted by molar-refractivity contribution is -0.480. The zero-order chi connectivity index (χ0) is 7.82. The molecule has 4 heteroatoms. The number of alkyl halides is 1. The molecule has 0 atom stereocenters. The quantitative estimate of drug-likeness (QED) is 0.328. The molecule has 0 unspecified atom stereocenters. The van der Waals surface area contributed by atoms with Crippen molar-refractivity contribution in [3.63, 3.8) is 0 Å². The van der Waals surface area contributed by atoms with Crippen molar-refractivity contribution in [3.05, 3.63) is 10.1 Å². The van der Waals surface area contributed by atoms with Crippen molar-refractivity contribution in [2.45, 2.75) is 25.7 Å². The highest BCUT2D eigenvalue weighted by molar-refractivity contribution is 4.40. The van der Waals surface area contributed by atoms with Crippen LogP contribution in [0, 0.1) is 10.1 Å². The minimum absolute atomic E-state index is 0.0201. The molecule has 0 amide bonds. The van der Waals surface area contributed by atoms with Gasteiger partial charge in [-0.25, -0.2) is 0 Å². The van der Waals surface area contributed by atoms with Crippen LogP contribution < -0.4 is 0 Å². The van der Waals surface area contributed by atoms with Crippen LogP contribution in [0.3, 0.4) is 0 Å². The van der Waals surface area contributed by atoms with Gasteiger partial charge in [0.1, 0.15) is 0 Å². The molecule has 0 spiro atoms. The first-order valence-electron chi connectivity index (χ1n) is 3.45. The zero-order valence-corrected chi connectivity index (χ0v) is 5.88. The summed E-state index contributed by atoms with van der Waals surface area (Å²) in [4.78, 5) is 9.43. The number of hydrogen-bond acceptors (Lipinski definition) is 2. The lowest BCUT2D eigenvalue weighted by atomic mass is 10.2. The Bertz CT molecular complexity index is 97.7. The van der Waals surface area contributed by atoms with Crippen LogP contribution in [0.4, 0.5) is 4.39 Å². The summed E-state index contributed by atoms with van der Waals surface area (Å²) in [5.74, 6) is 0. The van der Waals surface area contributed by atoms with Gasteiger partial charge >= 0.3 is 0 Å². The number of halogens is 1. The van der Waals surface area contributed by atoms with Gasteiger partial charge in [0.25, 0.3) is 0 Å². The third kappa shape index (κ3) is 7.33. The van der Waals surface area contributed by atoms with Gasteiger partial charge in [-0.15, -0.1) is 0 Å². The van der Waals surface area contributed by atoms with Crippen LogP contribution in [0.15, 0.2) is 0 Å². The van der Waals surface area contributed by atoms with Crippen molar-refractivity contribution in [2.75, 3.05) is 13.2 Å². The van der Waals surface area contributed by atoms with E-state index in [1.54, 1.807) is 0 Å². The monoisotopic (exact) mass is 149 g/mol. The first-order valence-corrected chi connectivity index (χ1v) is 3.45. The predicted octanol–water partition coefficient (Wildman–Crippen LogP) is 1.79. The summed E-state index contributed by atoms with van der Waals surface area (Å²) in [6, 6.07) is 0. The third-order valence-corrected chi connectivity index (χ3v) is 1.22. The van der Waals surface area contributed by atoms with Crippen LogP contribution in [0.2, 0.25) is 0 Å². The van der Waals surface area contributed by atoms with E-state index in [1.165, 1.54) is 0 Å². The highest BCUT2D eigenvalue weighted by atomic mass is 19.1. The SMILES string of the molecule is O=[N+]([O-])CCCCCCF. The van der Waals surface area contributed by atoms with E-state index in [-0.39, 0.29) is 18.1 Å². The van der Waals surface area contributed by atoms with E-state index in [4.69, 9.17) is 0 Å². The highest BCUT2D eigenvalue weighted by Crippen LogP contribution is 1.99. The van der Waals surface area contributed by atoms with E-state index in [9.17, 15) is 14.5 Å². The summed E-state index contributed by atoms with van der Waals surface area (Å²) in [7, 11) is 0. The van der Waals surface area contributed by atoms with E-state index in [0.717, 1.165) is 12.8 Å². The van der Waals surface area contributed by atoms with Crippen molar-refractivity contribution in [1.82, 2.24) is 0 Å². The summed E-state index contributed by atoms with van der Waals surface area (Å²) >= 11 is 0. The fourth-order valence-corrected chi connectivity index (χ4v) is 0.689. The molecule has 0 aromatic heterocycles. The number of unbranched alkanes of at least 4 members (excludes halogenated alkanes) is 3. The van der Waals surface area contributed by atoms with Gasteiger partial charge in [-0.05, 0) is 12.8 Å². The van der Waals surface area contributed by atoms with Crippen molar-refractivity contribution in [2.24, 2.45) is 0 Å². The molecule has 0 aromatic carbocycles. The second-order valence-electron chi connectivity index (χ2n) is 2.16. The number of hydrogen-bond donors (Lipinski definition) is 0. The highest BCUT2D eigenvalue weighted by Gasteiger charge is 1.95. The van der Waals surface area contributed by atoms with Crippen molar-refractivity contribution >= 4 is 0 Å². The first kappa shape index (κ1) is 9.33. The molecule has 0 aromatic rings. The van der Waals surface area contributed by atoms with Crippen molar-refractivity contribution < 1.29 is 9.31 Å². The average Bonchev–Trinajstić information content (AvgIpc) is 1.87. The predicted molar refractivity (Wildman–Crippen MR) is 36.3 cm³/mol. The summed E-state index contributed by atoms with van der Waals surface area (Å²) in [5, 5.41) is 9.76. The zero-order valence-electron chi connectivity index (χ0n) is 5.88. The maximum Gasteiger partial charge on any atom is 0.203 e. The first-order chi connectivity index (χ1) is 4.77. The van der Waals surface area contributed by atoms with Gasteiger partial charge in [-0.1, -0.05) is 6.42 Å². The smallest absolute Gasteiger partial charge is 0.203 e. The van der Waals surface area contributed by atoms with Crippen LogP contribution in [0.1, 0.15) is 25.7 Å². The Morgan fingerprint density at radius 1 is 1.20 bits per heavy atom. The lowest BCUT2D eigenvalue weighted by Gasteiger charge is -1.93. The number of rotatable bonds is 6. The molecular weight excluding hydrogens is 137 g/mol. The number of nitrogens with zero attached hydrogens (tertiary/aromatic N) is 1. The molecule has 0 rings (SSSR count). The molecule has 0 aliphatic heterocycles. The molecule has 0 bridgehead atoms. The van der Waals surface area contributed by atoms with E-state index >= 15 is 0 Å². The molecule has 0 N–H and O–H groups in total. The minimum Gasteiger partial charge on any atom is -0.265 e. The maximum atomic E-state index is 11.4. The summed E-state index contributed by atoms with van der Waals surface area (Å²) < 4.78 is 11.4. The molecule has 0 saturated carbocycles. The molecule has 60 valence electrons. The van der Waals surface area contributed by atoms with Gasteiger partial charge in [0, 0.05) is 11.3 Å². The van der Waals surface area contributed by atoms with Crippen LogP contribution in [-0.4, -0.2) is 18.1 Å². The van der Waals surface area contributed by atoms with E-state index in [1.807, 2.05) is 0 Å². The van der Waals surface area contributed by atoms with Gasteiger partial charge in [0.15, 0.2) is 0 Å². The molecule has 0 aliphatic rings. The van der Waals surface area contributed by atoms with E-state index in [2.05, 4.69) is 0 Å². The van der Waals surface area contributed by atoms with Crippen molar-refractivity contribution in [1.29, 1.82) is 0 Å². The molecular formula is C6H12FNO2. The van der Waals surface area contributed by atoms with Crippen LogP contribution >= 0.6 is 0 Å². The topological polar surface area (TPSA) is 43.1 Å². The molecule has 0 heterocycles. The fourth-order valence-electron chi connectivity index (χ4n) is 0.689. The van der Waals surface area contributed by atoms with Crippen LogP contribution in [0.25, 0.3) is 0 Å². The maximum absolute atomic E-state index is 11.4. The Hall–Kier alpha value is -0.670. The second kappa shape index (κ2) is 6.45. The number of nitro groups is 1. The minimum atomic E-state index is -0.338. The van der Waals surface area contributed by atoms with Gasteiger partial charge in [-0.3, -0.25) is 14.5 Å². The molecule has 0 saturated heterocycles. The van der Waals surface area contributed by atoms with Gasteiger partial charge in [0.05, 0.1) is 6.67 Å². The molecule has 0 fully saturated rings. The molecule has 3 nitrogen and oxygen atoms in total. The Morgan fingerprint density at radius 2 is 1.80 bits per heavy atom. The fraction of sp³-hybridized carbons (Fsp3) is 1.00. The van der Waals surface area contributed by atoms with E-state index < -0.39 is 0 Å². The van der Waals surface area contributed by atoms with Gasteiger partial charge in [-0.2, -0.15) is 0 Å². The van der Waals surface area contributed by atoms with Crippen LogP contribution in [-0.2, 0) is 0 Å². The van der Waals surface area contributed by atoms with E-state index in [0.29, 0.717) is 12.8 Å². The Balaban J connectivity index is 2.84. The lowest BCUT2D eigenvalue weighted by Crippen LogP contribution is -1.99. The second-order valence-corrected chi connectivity index (χ2v) is 2.16. The van der Waals surface area contributed by atoms with Crippen LogP contribution in [0.5, 0.6) is 0 Å². The Kier molecular flexibility index (Phi) is 6.02. The Morgan fingerprint density at radius 3 is 2.30 bits per heavy atom. The molecule has 10 heavy (non-hydrogen) atoms. The Labute approximate surface area is 59.4 Å². The standard InChI is InChI=1S/C6H12FNO2/c7-5-3-1-2-4-6-8(9)10/h1-6H2. The largest absolute Gasteiger partial charge is 0.265 e. The summed E-state index contributed by atoms with van der Waals surface area (Å²) in [6.07, 6.45) is 2.65. The molecule has 0 radical (unpaired) electrons. The third-order valence-electron chi connectivity index (χ3n) is 1.22. The summed E-state index contributed by atoms with van der Waals surface area (Å²) in [6.45, 7) is -0.287. The normalized spacial score (nSPS) is 9.70. The summed E-state index contributed by atoms with van der Waals surface area (Å²) in [5.41, 5.74) is 0. The average molecular weight is 149 g/mol. The van der Waals surface area contributed by atoms with Gasteiger partial charge in [0.2, 0.25) is 6.54 Å². The van der Waals surface area contributed by atoms with Gasteiger partial charge < -0.3 is 0 Å².